The number of carbonyl (C=O) groups is 2. The van der Waals surface area contributed by atoms with Gasteiger partial charge in [0.2, 0.25) is 5.91 Å². The number of piperidine rings is 1. The molecule has 0 radical (unpaired) electrons. The van der Waals surface area contributed by atoms with Gasteiger partial charge in [-0.05, 0) is 43.9 Å². The summed E-state index contributed by atoms with van der Waals surface area (Å²) in [5, 5.41) is 5.12. The van der Waals surface area contributed by atoms with E-state index < -0.39 is 0 Å². The lowest BCUT2D eigenvalue weighted by Crippen LogP contribution is -2.48. The average Bonchev–Trinajstić information content (AvgIpc) is 2.51. The predicted molar refractivity (Wildman–Crippen MR) is 92.4 cm³/mol. The molecule has 1 aromatic carbocycles. The fourth-order valence-corrected chi connectivity index (χ4v) is 2.53. The van der Waals surface area contributed by atoms with E-state index >= 15 is 0 Å². The van der Waals surface area contributed by atoms with Crippen molar-refractivity contribution in [1.29, 1.82) is 0 Å². The summed E-state index contributed by atoms with van der Waals surface area (Å²) < 4.78 is 0. The van der Waals surface area contributed by atoms with Gasteiger partial charge in [0.15, 0.2) is 0 Å². The third-order valence-electron chi connectivity index (χ3n) is 4.17. The summed E-state index contributed by atoms with van der Waals surface area (Å²) in [7, 11) is 0. The Kier molecular flexibility index (Phi) is 5.88. The largest absolute Gasteiger partial charge is 0.382 e. The number of carbonyl (C=O) groups excluding carboxylic acids is 2. The maximum absolute atomic E-state index is 12.4. The second-order valence-corrected chi connectivity index (χ2v) is 6.72. The molecule has 5 nitrogen and oxygen atoms in total. The molecule has 6 heteroatoms. The van der Waals surface area contributed by atoms with E-state index in [1.54, 1.807) is 12.1 Å². The zero-order valence-corrected chi connectivity index (χ0v) is 14.6. The van der Waals surface area contributed by atoms with Crippen LogP contribution in [0.3, 0.4) is 0 Å². The number of anilines is 1. The third-order valence-corrected chi connectivity index (χ3v) is 4.49. The molecule has 23 heavy (non-hydrogen) atoms. The van der Waals surface area contributed by atoms with Gasteiger partial charge in [-0.3, -0.25) is 20.0 Å². The van der Waals surface area contributed by atoms with E-state index in [0.717, 1.165) is 18.5 Å². The molecular formula is C17H24ClN3O2. The highest BCUT2D eigenvalue weighted by molar-refractivity contribution is 6.34. The number of hydrazine groups is 1. The van der Waals surface area contributed by atoms with Crippen LogP contribution in [0, 0.1) is 5.92 Å². The van der Waals surface area contributed by atoms with Crippen molar-refractivity contribution in [2.24, 2.45) is 5.92 Å². The van der Waals surface area contributed by atoms with Crippen molar-refractivity contribution in [3.63, 3.8) is 0 Å². The summed E-state index contributed by atoms with van der Waals surface area (Å²) in [6.07, 6.45) is 2.24. The van der Waals surface area contributed by atoms with Gasteiger partial charge in [-0.1, -0.05) is 25.4 Å². The molecule has 1 fully saturated rings. The summed E-state index contributed by atoms with van der Waals surface area (Å²) in [5.41, 5.74) is 3.87. The quantitative estimate of drug-likeness (QED) is 0.865. The maximum Gasteiger partial charge on any atom is 0.271 e. The summed E-state index contributed by atoms with van der Waals surface area (Å²) in [6.45, 7) is 6.89. The number of rotatable bonds is 5. The SMILES string of the molecule is CC(C)[C@H](C)Nc1ccc(Cl)c(C(=O)NN2CCCCC2=O)c1. The molecule has 1 atom stereocenters. The van der Waals surface area contributed by atoms with Gasteiger partial charge in [0.1, 0.15) is 0 Å². The summed E-state index contributed by atoms with van der Waals surface area (Å²) in [4.78, 5) is 24.2. The molecule has 2 N–H and O–H groups in total. The highest BCUT2D eigenvalue weighted by atomic mass is 35.5. The van der Waals surface area contributed by atoms with Crippen LogP contribution >= 0.6 is 11.6 Å². The highest BCUT2D eigenvalue weighted by Gasteiger charge is 2.22. The Morgan fingerprint density at radius 1 is 1.26 bits per heavy atom. The normalized spacial score (nSPS) is 16.4. The fourth-order valence-electron chi connectivity index (χ4n) is 2.33. The van der Waals surface area contributed by atoms with Gasteiger partial charge in [0, 0.05) is 24.7 Å². The van der Waals surface area contributed by atoms with Crippen LogP contribution in [0.5, 0.6) is 0 Å². The zero-order chi connectivity index (χ0) is 17.0. The molecule has 1 aromatic rings. The van der Waals surface area contributed by atoms with E-state index in [1.165, 1.54) is 5.01 Å². The number of hydrogen-bond acceptors (Lipinski definition) is 3. The first-order valence-electron chi connectivity index (χ1n) is 8.06. The molecule has 1 saturated heterocycles. The maximum atomic E-state index is 12.4. The predicted octanol–water partition coefficient (Wildman–Crippen LogP) is 3.45. The number of benzene rings is 1. The lowest BCUT2D eigenvalue weighted by atomic mass is 10.1. The lowest BCUT2D eigenvalue weighted by Gasteiger charge is -2.27. The van der Waals surface area contributed by atoms with Crippen molar-refractivity contribution in [2.75, 3.05) is 11.9 Å². The van der Waals surface area contributed by atoms with Gasteiger partial charge in [-0.2, -0.15) is 0 Å². The van der Waals surface area contributed by atoms with Crippen molar-refractivity contribution < 1.29 is 9.59 Å². The Morgan fingerprint density at radius 2 is 2.00 bits per heavy atom. The van der Waals surface area contributed by atoms with Crippen LogP contribution in [0.2, 0.25) is 5.02 Å². The molecule has 1 heterocycles. The van der Waals surface area contributed by atoms with Gasteiger partial charge in [0.25, 0.3) is 5.91 Å². The van der Waals surface area contributed by atoms with Crippen molar-refractivity contribution in [2.45, 2.75) is 46.1 Å². The Morgan fingerprint density at radius 3 is 2.65 bits per heavy atom. The first kappa shape index (κ1) is 17.6. The molecule has 0 aliphatic carbocycles. The van der Waals surface area contributed by atoms with E-state index in [1.807, 2.05) is 6.07 Å². The molecule has 0 bridgehead atoms. The van der Waals surface area contributed by atoms with Crippen molar-refractivity contribution in [3.8, 4) is 0 Å². The van der Waals surface area contributed by atoms with E-state index in [0.29, 0.717) is 29.5 Å². The molecule has 126 valence electrons. The Hall–Kier alpha value is -1.75. The molecule has 2 amide bonds. The number of nitrogens with one attached hydrogen (secondary N) is 2. The van der Waals surface area contributed by atoms with Crippen molar-refractivity contribution >= 4 is 29.1 Å². The van der Waals surface area contributed by atoms with Gasteiger partial charge in [0.05, 0.1) is 10.6 Å². The third kappa shape index (κ3) is 4.61. The van der Waals surface area contributed by atoms with E-state index in [4.69, 9.17) is 11.6 Å². The second kappa shape index (κ2) is 7.68. The van der Waals surface area contributed by atoms with E-state index in [-0.39, 0.29) is 17.9 Å². The zero-order valence-electron chi connectivity index (χ0n) is 13.9. The standard InChI is InChI=1S/C17H24ClN3O2/c1-11(2)12(3)19-13-7-8-15(18)14(10-13)17(23)20-21-9-5-4-6-16(21)22/h7-8,10-12,19H,4-6,9H2,1-3H3,(H,20,23)/t12-/m0/s1. The van der Waals surface area contributed by atoms with Gasteiger partial charge in [-0.15, -0.1) is 0 Å². The first-order chi connectivity index (χ1) is 10.9. The summed E-state index contributed by atoms with van der Waals surface area (Å²) in [5.74, 6) is 0.0588. The minimum Gasteiger partial charge on any atom is -0.382 e. The van der Waals surface area contributed by atoms with E-state index in [2.05, 4.69) is 31.5 Å². The van der Waals surface area contributed by atoms with Crippen LogP contribution in [0.1, 0.15) is 50.4 Å². The second-order valence-electron chi connectivity index (χ2n) is 6.32. The molecule has 1 aliphatic heterocycles. The topological polar surface area (TPSA) is 61.4 Å². The first-order valence-corrected chi connectivity index (χ1v) is 8.43. The Balaban J connectivity index is 2.11. The molecular weight excluding hydrogens is 314 g/mol. The summed E-state index contributed by atoms with van der Waals surface area (Å²) >= 11 is 6.15. The Bertz CT molecular complexity index is 589. The smallest absolute Gasteiger partial charge is 0.271 e. The minimum atomic E-state index is -0.355. The van der Waals surface area contributed by atoms with Crippen LogP contribution in [-0.4, -0.2) is 29.4 Å². The van der Waals surface area contributed by atoms with Crippen LogP contribution in [-0.2, 0) is 4.79 Å². The average molecular weight is 338 g/mol. The van der Waals surface area contributed by atoms with Crippen molar-refractivity contribution in [3.05, 3.63) is 28.8 Å². The number of amides is 2. The van der Waals surface area contributed by atoms with E-state index in [9.17, 15) is 9.59 Å². The van der Waals surface area contributed by atoms with Gasteiger partial charge < -0.3 is 5.32 Å². The molecule has 0 aromatic heterocycles. The monoisotopic (exact) mass is 337 g/mol. The van der Waals surface area contributed by atoms with Crippen LogP contribution in [0.25, 0.3) is 0 Å². The minimum absolute atomic E-state index is 0.0524. The highest BCUT2D eigenvalue weighted by Crippen LogP contribution is 2.22. The number of hydrogen-bond donors (Lipinski definition) is 2. The molecule has 1 aliphatic rings. The van der Waals surface area contributed by atoms with Crippen molar-refractivity contribution in [1.82, 2.24) is 10.4 Å². The molecule has 0 spiro atoms. The van der Waals surface area contributed by atoms with Crippen LogP contribution < -0.4 is 10.7 Å². The lowest BCUT2D eigenvalue weighted by molar-refractivity contribution is -0.135. The fraction of sp³-hybridized carbons (Fsp3) is 0.529. The molecule has 2 rings (SSSR count). The Labute approximate surface area is 142 Å². The number of halogens is 1. The van der Waals surface area contributed by atoms with Gasteiger partial charge >= 0.3 is 0 Å². The van der Waals surface area contributed by atoms with Gasteiger partial charge in [-0.25, -0.2) is 0 Å². The van der Waals surface area contributed by atoms with Crippen LogP contribution in [0.15, 0.2) is 18.2 Å². The number of nitrogens with zero attached hydrogens (tertiary/aromatic N) is 1. The molecule has 0 unspecified atom stereocenters. The molecule has 0 saturated carbocycles. The summed E-state index contributed by atoms with van der Waals surface area (Å²) in [6, 6.07) is 5.55. The van der Waals surface area contributed by atoms with Crippen LogP contribution in [0.4, 0.5) is 5.69 Å².